The van der Waals surface area contributed by atoms with E-state index in [0.717, 1.165) is 18.5 Å². The molecule has 8 heteroatoms. The number of sulfone groups is 1. The van der Waals surface area contributed by atoms with Crippen molar-refractivity contribution in [1.82, 2.24) is 0 Å². The first-order valence-electron chi connectivity index (χ1n) is 8.39. The number of halogens is 1. The molecular weight excluding hydrogens is 380 g/mol. The summed E-state index contributed by atoms with van der Waals surface area (Å²) >= 11 is 7.50. The minimum Gasteiger partial charge on any atom is -0.316 e. The fourth-order valence-electron chi connectivity index (χ4n) is 3.32. The van der Waals surface area contributed by atoms with Gasteiger partial charge in [0.15, 0.2) is 15.0 Å². The number of hydrogen-bond donors (Lipinski definition) is 0. The molecule has 0 bridgehead atoms. The van der Waals surface area contributed by atoms with Crippen molar-refractivity contribution in [2.24, 2.45) is 10.9 Å². The van der Waals surface area contributed by atoms with Gasteiger partial charge in [-0.05, 0) is 31.0 Å². The zero-order chi connectivity index (χ0) is 18.2. The first-order valence-corrected chi connectivity index (χ1v) is 11.5. The molecule has 3 rings (SSSR count). The first kappa shape index (κ1) is 18.7. The Hall–Kier alpha value is -1.05. The molecule has 0 aliphatic carbocycles. The van der Waals surface area contributed by atoms with E-state index in [2.05, 4.69) is 4.99 Å². The fourth-order valence-corrected chi connectivity index (χ4v) is 7.42. The number of aliphatic imine (C=N–C) groups is 1. The third-order valence-corrected chi connectivity index (χ3v) is 8.14. The molecule has 2 atom stereocenters. The zero-order valence-electron chi connectivity index (χ0n) is 14.2. The monoisotopic (exact) mass is 400 g/mol. The molecule has 136 valence electrons. The lowest BCUT2D eigenvalue weighted by Crippen LogP contribution is -2.37. The molecule has 0 saturated carbocycles. The predicted octanol–water partition coefficient (Wildman–Crippen LogP) is 3.38. The molecule has 0 spiro atoms. The maximum Gasteiger partial charge on any atom is 0.251 e. The van der Waals surface area contributed by atoms with Gasteiger partial charge in [0.25, 0.3) is 5.91 Å². The average Bonchev–Trinajstić information content (AvgIpc) is 2.99. The Morgan fingerprint density at radius 1 is 1.36 bits per heavy atom. The summed E-state index contributed by atoms with van der Waals surface area (Å²) < 4.78 is 24.1. The second-order valence-electron chi connectivity index (χ2n) is 6.40. The van der Waals surface area contributed by atoms with Crippen LogP contribution in [0.25, 0.3) is 0 Å². The summed E-state index contributed by atoms with van der Waals surface area (Å²) in [5.41, 5.74) is 0.778. The Bertz CT molecular complexity index is 806. The van der Waals surface area contributed by atoms with Crippen molar-refractivity contribution in [2.75, 3.05) is 16.4 Å². The number of carbonyl (C=O) groups excluding carboxylic acids is 1. The number of amides is 1. The molecule has 25 heavy (non-hydrogen) atoms. The van der Waals surface area contributed by atoms with Gasteiger partial charge in [-0.1, -0.05) is 43.3 Å². The van der Waals surface area contributed by atoms with Gasteiger partial charge < -0.3 is 4.90 Å². The molecule has 5 nitrogen and oxygen atoms in total. The number of fused-ring (bicyclic) bond motifs is 1. The van der Waals surface area contributed by atoms with Crippen LogP contribution in [0.4, 0.5) is 5.69 Å². The maximum absolute atomic E-state index is 12.5. The van der Waals surface area contributed by atoms with Crippen LogP contribution in [0.15, 0.2) is 29.3 Å². The quantitative estimate of drug-likeness (QED) is 0.775. The van der Waals surface area contributed by atoms with Gasteiger partial charge in [-0.25, -0.2) is 8.42 Å². The lowest BCUT2D eigenvalue weighted by Gasteiger charge is -2.24. The molecule has 2 fully saturated rings. The van der Waals surface area contributed by atoms with E-state index in [-0.39, 0.29) is 34.6 Å². The van der Waals surface area contributed by atoms with Crippen molar-refractivity contribution in [2.45, 2.75) is 38.0 Å². The number of amidine groups is 1. The number of benzene rings is 1. The van der Waals surface area contributed by atoms with Crippen LogP contribution in [-0.2, 0) is 14.6 Å². The van der Waals surface area contributed by atoms with E-state index in [1.165, 1.54) is 11.8 Å². The summed E-state index contributed by atoms with van der Waals surface area (Å²) in [7, 11) is -3.07. The van der Waals surface area contributed by atoms with Crippen LogP contribution >= 0.6 is 23.4 Å². The molecule has 1 amide bonds. The maximum atomic E-state index is 12.5. The number of hydrogen-bond acceptors (Lipinski definition) is 4. The Morgan fingerprint density at radius 2 is 2.08 bits per heavy atom. The van der Waals surface area contributed by atoms with E-state index in [1.807, 2.05) is 30.9 Å². The lowest BCUT2D eigenvalue weighted by molar-refractivity contribution is -0.121. The van der Waals surface area contributed by atoms with E-state index in [9.17, 15) is 13.2 Å². The van der Waals surface area contributed by atoms with Crippen LogP contribution in [0.2, 0.25) is 5.02 Å². The van der Waals surface area contributed by atoms with Crippen molar-refractivity contribution in [3.8, 4) is 0 Å². The number of nitrogens with zero attached hydrogens (tertiary/aromatic N) is 2. The van der Waals surface area contributed by atoms with Gasteiger partial charge in [0.2, 0.25) is 0 Å². The van der Waals surface area contributed by atoms with Gasteiger partial charge in [-0.2, -0.15) is 4.99 Å². The lowest BCUT2D eigenvalue weighted by atomic mass is 10.0. The molecule has 1 aromatic rings. The molecular formula is C17H21ClN2O3S2. The smallest absolute Gasteiger partial charge is 0.251 e. The van der Waals surface area contributed by atoms with Gasteiger partial charge >= 0.3 is 0 Å². The number of rotatable bonds is 4. The van der Waals surface area contributed by atoms with Gasteiger partial charge in [0.05, 0.1) is 17.5 Å². The van der Waals surface area contributed by atoms with Crippen LogP contribution < -0.4 is 4.90 Å². The molecule has 2 heterocycles. The highest BCUT2D eigenvalue weighted by Gasteiger charge is 2.49. The highest BCUT2D eigenvalue weighted by atomic mass is 35.5. The van der Waals surface area contributed by atoms with Crippen molar-refractivity contribution in [3.63, 3.8) is 0 Å². The molecule has 0 aromatic heterocycles. The SMILES string of the molecule is CCC(CC)C(=O)N=C1S[C@H]2CS(=O)(=O)C[C@@H]2N1c1cccc(Cl)c1. The number of thioether (sulfide) groups is 1. The van der Waals surface area contributed by atoms with Crippen molar-refractivity contribution in [3.05, 3.63) is 29.3 Å². The Labute approximate surface area is 157 Å². The Morgan fingerprint density at radius 3 is 2.72 bits per heavy atom. The fraction of sp³-hybridized carbons (Fsp3) is 0.529. The van der Waals surface area contributed by atoms with Crippen LogP contribution in [0.1, 0.15) is 26.7 Å². The average molecular weight is 401 g/mol. The van der Waals surface area contributed by atoms with E-state index < -0.39 is 9.84 Å². The molecule has 1 aromatic carbocycles. The van der Waals surface area contributed by atoms with Crippen LogP contribution in [0.5, 0.6) is 0 Å². The molecule has 2 aliphatic heterocycles. The molecule has 0 N–H and O–H groups in total. The summed E-state index contributed by atoms with van der Waals surface area (Å²) in [6.07, 6.45) is 1.49. The summed E-state index contributed by atoms with van der Waals surface area (Å²) in [5.74, 6) is -0.0340. The summed E-state index contributed by atoms with van der Waals surface area (Å²) in [5, 5.41) is 1.05. The molecule has 2 aliphatic rings. The first-order chi connectivity index (χ1) is 11.8. The number of carbonyl (C=O) groups is 1. The van der Waals surface area contributed by atoms with Crippen LogP contribution in [0, 0.1) is 5.92 Å². The third-order valence-electron chi connectivity index (χ3n) is 4.69. The third kappa shape index (κ3) is 3.88. The standard InChI is InChI=1S/C17H21ClN2O3S2/c1-3-11(4-2)16(21)19-17-20(13-7-5-6-12(18)8-13)14-9-25(22,23)10-15(14)24-17/h5-8,11,14-15H,3-4,9-10H2,1-2H3/t14-,15-/m0/s1. The highest BCUT2D eigenvalue weighted by molar-refractivity contribution is 8.16. The van der Waals surface area contributed by atoms with Crippen molar-refractivity contribution in [1.29, 1.82) is 0 Å². The molecule has 0 unspecified atom stereocenters. The molecule has 2 saturated heterocycles. The van der Waals surface area contributed by atoms with E-state index >= 15 is 0 Å². The van der Waals surface area contributed by atoms with Crippen LogP contribution in [0.3, 0.4) is 0 Å². The summed E-state index contributed by atoms with van der Waals surface area (Å²) in [6, 6.07) is 7.04. The molecule has 0 radical (unpaired) electrons. The minimum atomic E-state index is -3.07. The van der Waals surface area contributed by atoms with Gasteiger partial charge in [0.1, 0.15) is 0 Å². The van der Waals surface area contributed by atoms with Gasteiger partial charge in [0, 0.05) is 21.9 Å². The van der Waals surface area contributed by atoms with E-state index in [4.69, 9.17) is 11.6 Å². The Balaban J connectivity index is 1.99. The minimum absolute atomic E-state index is 0.0787. The largest absolute Gasteiger partial charge is 0.316 e. The zero-order valence-corrected chi connectivity index (χ0v) is 16.6. The summed E-state index contributed by atoms with van der Waals surface area (Å²) in [6.45, 7) is 3.95. The second-order valence-corrected chi connectivity index (χ2v) is 10.2. The number of anilines is 1. The topological polar surface area (TPSA) is 66.8 Å². The van der Waals surface area contributed by atoms with Crippen LogP contribution in [-0.4, -0.2) is 42.3 Å². The Kier molecular flexibility index (Phi) is 5.46. The van der Waals surface area contributed by atoms with Crippen molar-refractivity contribution < 1.29 is 13.2 Å². The normalized spacial score (nSPS) is 26.4. The summed E-state index contributed by atoms with van der Waals surface area (Å²) in [4.78, 5) is 18.7. The van der Waals surface area contributed by atoms with E-state index in [1.54, 1.807) is 12.1 Å². The van der Waals surface area contributed by atoms with Crippen molar-refractivity contribution >= 4 is 50.0 Å². The van der Waals surface area contributed by atoms with Gasteiger partial charge in [-0.3, -0.25) is 4.79 Å². The van der Waals surface area contributed by atoms with Gasteiger partial charge in [-0.15, -0.1) is 0 Å². The van der Waals surface area contributed by atoms with E-state index in [0.29, 0.717) is 10.2 Å². The second kappa shape index (κ2) is 7.29. The highest BCUT2D eigenvalue weighted by Crippen LogP contribution is 2.41. The predicted molar refractivity (Wildman–Crippen MR) is 104 cm³/mol.